The lowest BCUT2D eigenvalue weighted by Crippen LogP contribution is -2.66. The van der Waals surface area contributed by atoms with Crippen molar-refractivity contribution in [3.8, 4) is 0 Å². The fourth-order valence-electron chi connectivity index (χ4n) is 7.74. The van der Waals surface area contributed by atoms with Crippen LogP contribution in [0.4, 0.5) is 0 Å². The number of carbonyl (C=O) groups is 1. The molecule has 61 heavy (non-hydrogen) atoms. The molecule has 0 spiro atoms. The van der Waals surface area contributed by atoms with Gasteiger partial charge < -0.3 is 89.9 Å². The summed E-state index contributed by atoms with van der Waals surface area (Å²) in [5.74, 6) is -0.366. The van der Waals surface area contributed by atoms with E-state index >= 15 is 0 Å². The average molecular weight is 884 g/mol. The van der Waals surface area contributed by atoms with Gasteiger partial charge in [0.15, 0.2) is 18.9 Å². The second kappa shape index (κ2) is 29.1. The van der Waals surface area contributed by atoms with E-state index in [9.17, 15) is 61.0 Å². The third-order valence-electron chi connectivity index (χ3n) is 11.6. The zero-order valence-corrected chi connectivity index (χ0v) is 35.9. The number of ether oxygens (including phenoxy) is 6. The van der Waals surface area contributed by atoms with Crippen molar-refractivity contribution in [3.63, 3.8) is 0 Å². The molecule has 3 heterocycles. The topological polar surface area (TPSA) is 307 Å². The number of unbranched alkanes of at least 4 members (excludes halogenated alkanes) is 14. The van der Waals surface area contributed by atoms with Crippen LogP contribution in [0.3, 0.4) is 0 Å². The number of nitrogens with one attached hydrogen (secondary N) is 1. The van der Waals surface area contributed by atoms with Crippen molar-refractivity contribution < 1.29 is 89.4 Å². The molecule has 0 saturated carbocycles. The quantitative estimate of drug-likeness (QED) is 0.0321. The molecule has 1 amide bonds. The number of aliphatic hydroxyl groups excluding tert-OH is 11. The minimum atomic E-state index is -1.97. The van der Waals surface area contributed by atoms with Gasteiger partial charge in [-0.3, -0.25) is 4.79 Å². The van der Waals surface area contributed by atoms with Crippen molar-refractivity contribution in [1.29, 1.82) is 0 Å². The zero-order chi connectivity index (χ0) is 44.9. The predicted octanol–water partition coefficient (Wildman–Crippen LogP) is -0.865. The highest BCUT2D eigenvalue weighted by Gasteiger charge is 2.53. The van der Waals surface area contributed by atoms with Crippen LogP contribution < -0.4 is 5.32 Å². The van der Waals surface area contributed by atoms with Crippen molar-refractivity contribution >= 4 is 5.91 Å². The minimum absolute atomic E-state index is 0.125. The summed E-state index contributed by atoms with van der Waals surface area (Å²) in [4.78, 5) is 12.3. The predicted molar refractivity (Wildman–Crippen MR) is 217 cm³/mol. The maximum Gasteiger partial charge on any atom is 0.220 e. The van der Waals surface area contributed by atoms with Gasteiger partial charge >= 0.3 is 0 Å². The standard InChI is InChI=1S/C42H77NO18/c1-3-5-6-7-8-9-10-11-12-13-14-15-16-17-18-19-20-26(47)25(43-30(48)4-2)24-56-40-36(54)33(51)38(28(22-45)58-40)61-42-37(55)34(52)39(29(23-46)59-42)60-41-35(53)32(50)31(49)27(21-44)57-41/h19-20,25-29,31-42,44-47,49-55H,3-18,21-24H2,1-2H3,(H,43,48)/b20-19+. The highest BCUT2D eigenvalue weighted by atomic mass is 16.8. The summed E-state index contributed by atoms with van der Waals surface area (Å²) < 4.78 is 33.6. The zero-order valence-electron chi connectivity index (χ0n) is 35.9. The summed E-state index contributed by atoms with van der Waals surface area (Å²) >= 11 is 0. The van der Waals surface area contributed by atoms with Crippen LogP contribution in [0.25, 0.3) is 0 Å². The Morgan fingerprint density at radius 1 is 0.574 bits per heavy atom. The van der Waals surface area contributed by atoms with Crippen LogP contribution in [0.15, 0.2) is 12.2 Å². The van der Waals surface area contributed by atoms with Gasteiger partial charge in [0.25, 0.3) is 0 Å². The van der Waals surface area contributed by atoms with E-state index in [0.29, 0.717) is 0 Å². The van der Waals surface area contributed by atoms with Crippen molar-refractivity contribution in [2.45, 2.75) is 221 Å². The second-order valence-corrected chi connectivity index (χ2v) is 16.5. The normalized spacial score (nSPS) is 35.7. The smallest absolute Gasteiger partial charge is 0.220 e. The number of allylic oxidation sites excluding steroid dienone is 1. The van der Waals surface area contributed by atoms with Gasteiger partial charge in [-0.05, 0) is 12.8 Å². The first-order valence-corrected chi connectivity index (χ1v) is 22.4. The second-order valence-electron chi connectivity index (χ2n) is 16.5. The van der Waals surface area contributed by atoms with Crippen molar-refractivity contribution in [3.05, 3.63) is 12.2 Å². The molecule has 0 aromatic rings. The maximum absolute atomic E-state index is 12.3. The molecule has 0 aromatic carbocycles. The van der Waals surface area contributed by atoms with Crippen LogP contribution in [-0.2, 0) is 33.2 Å². The molecule has 17 atom stereocenters. The van der Waals surface area contributed by atoms with E-state index in [1.165, 1.54) is 70.6 Å². The molecular weight excluding hydrogens is 806 g/mol. The molecule has 19 nitrogen and oxygen atoms in total. The van der Waals surface area contributed by atoms with E-state index < -0.39 is 124 Å². The first-order valence-electron chi connectivity index (χ1n) is 22.4. The molecule has 3 fully saturated rings. The van der Waals surface area contributed by atoms with Gasteiger partial charge in [-0.1, -0.05) is 109 Å². The van der Waals surface area contributed by atoms with Gasteiger partial charge in [-0.25, -0.2) is 0 Å². The molecular formula is C42H77NO18. The number of amides is 1. The highest BCUT2D eigenvalue weighted by molar-refractivity contribution is 5.75. The van der Waals surface area contributed by atoms with Gasteiger partial charge in [-0.15, -0.1) is 0 Å². The molecule has 0 bridgehead atoms. The van der Waals surface area contributed by atoms with E-state index in [4.69, 9.17) is 28.4 Å². The van der Waals surface area contributed by atoms with Crippen LogP contribution in [0.1, 0.15) is 117 Å². The number of hydrogen-bond donors (Lipinski definition) is 12. The fraction of sp³-hybridized carbons (Fsp3) is 0.929. The van der Waals surface area contributed by atoms with Crippen LogP contribution in [0.2, 0.25) is 0 Å². The molecule has 3 rings (SSSR count). The molecule has 0 aliphatic carbocycles. The monoisotopic (exact) mass is 884 g/mol. The molecule has 3 aliphatic heterocycles. The summed E-state index contributed by atoms with van der Waals surface area (Å²) in [7, 11) is 0. The van der Waals surface area contributed by atoms with Gasteiger partial charge in [0.2, 0.25) is 5.91 Å². The third-order valence-corrected chi connectivity index (χ3v) is 11.6. The van der Waals surface area contributed by atoms with Gasteiger partial charge in [0.1, 0.15) is 73.2 Å². The SMILES string of the molecule is CCCCCCCCCCCCCCCC/C=C/C(O)C(COC1OC(CO)C(OC2OC(CO)C(OC3OC(CO)C(O)C(O)C3O)C(O)C2O)C(O)C1O)NC(=O)CC. The van der Waals surface area contributed by atoms with E-state index in [2.05, 4.69) is 12.2 Å². The Bertz CT molecular complexity index is 1200. The van der Waals surface area contributed by atoms with E-state index in [1.807, 2.05) is 6.08 Å². The van der Waals surface area contributed by atoms with Crippen LogP contribution in [0.5, 0.6) is 0 Å². The summed E-state index contributed by atoms with van der Waals surface area (Å²) in [5, 5.41) is 118. The Hall–Kier alpha value is -1.47. The van der Waals surface area contributed by atoms with Gasteiger partial charge in [0, 0.05) is 6.42 Å². The Morgan fingerprint density at radius 2 is 1.00 bits per heavy atom. The van der Waals surface area contributed by atoms with Crippen molar-refractivity contribution in [1.82, 2.24) is 5.32 Å². The molecule has 12 N–H and O–H groups in total. The van der Waals surface area contributed by atoms with E-state index in [1.54, 1.807) is 13.0 Å². The Morgan fingerprint density at radius 3 is 1.48 bits per heavy atom. The lowest BCUT2D eigenvalue weighted by Gasteiger charge is -2.48. The highest BCUT2D eigenvalue weighted by Crippen LogP contribution is 2.33. The summed E-state index contributed by atoms with van der Waals surface area (Å²) in [6, 6.07) is -0.963. The summed E-state index contributed by atoms with van der Waals surface area (Å²) in [5.41, 5.74) is 0. The summed E-state index contributed by atoms with van der Waals surface area (Å²) in [6.45, 7) is 1.10. The third kappa shape index (κ3) is 16.8. The molecule has 0 aromatic heterocycles. The van der Waals surface area contributed by atoms with Crippen molar-refractivity contribution in [2.75, 3.05) is 26.4 Å². The molecule has 17 unspecified atom stereocenters. The summed E-state index contributed by atoms with van der Waals surface area (Å²) in [6.07, 6.45) is -4.91. The van der Waals surface area contributed by atoms with Crippen molar-refractivity contribution in [2.24, 2.45) is 0 Å². The molecule has 0 radical (unpaired) electrons. The Labute approximate surface area is 359 Å². The van der Waals surface area contributed by atoms with Gasteiger partial charge in [0.05, 0.1) is 38.6 Å². The van der Waals surface area contributed by atoms with Gasteiger partial charge in [-0.2, -0.15) is 0 Å². The van der Waals surface area contributed by atoms with Crippen LogP contribution in [0, 0.1) is 0 Å². The largest absolute Gasteiger partial charge is 0.394 e. The Kier molecular flexibility index (Phi) is 25.7. The average Bonchev–Trinajstić information content (AvgIpc) is 3.26. The maximum atomic E-state index is 12.3. The number of carbonyl (C=O) groups excluding carboxylic acids is 1. The molecule has 19 heteroatoms. The first-order chi connectivity index (χ1) is 29.3. The van der Waals surface area contributed by atoms with Crippen LogP contribution in [-0.4, -0.2) is 193 Å². The fourth-order valence-corrected chi connectivity index (χ4v) is 7.74. The van der Waals surface area contributed by atoms with E-state index in [0.717, 1.165) is 25.7 Å². The van der Waals surface area contributed by atoms with E-state index in [-0.39, 0.29) is 18.9 Å². The first kappa shape index (κ1) is 53.9. The molecule has 358 valence electrons. The lowest BCUT2D eigenvalue weighted by molar-refractivity contribution is -0.379. The number of aliphatic hydroxyl groups is 11. The van der Waals surface area contributed by atoms with Crippen LogP contribution >= 0.6 is 0 Å². The molecule has 3 saturated heterocycles. The molecule has 3 aliphatic rings. The number of hydrogen-bond acceptors (Lipinski definition) is 18. The number of rotatable bonds is 29. The Balaban J connectivity index is 1.48. The minimum Gasteiger partial charge on any atom is -0.394 e. The lowest BCUT2D eigenvalue weighted by atomic mass is 9.96.